The molecule has 1 N–H and O–H groups in total. The Labute approximate surface area is 88.7 Å². The van der Waals surface area contributed by atoms with E-state index in [1.807, 2.05) is 0 Å². The summed E-state index contributed by atoms with van der Waals surface area (Å²) >= 11 is 0. The number of aliphatic hydroxyl groups is 1. The van der Waals surface area contributed by atoms with Gasteiger partial charge < -0.3 is 5.11 Å². The number of nitrogens with zero attached hydrogens (tertiary/aromatic N) is 1. The van der Waals surface area contributed by atoms with E-state index >= 15 is 0 Å². The zero-order valence-corrected chi connectivity index (χ0v) is 9.15. The zero-order chi connectivity index (χ0) is 11.6. The van der Waals surface area contributed by atoms with Crippen LogP contribution in [0.15, 0.2) is 18.2 Å². The molecule has 1 aromatic carbocycles. The van der Waals surface area contributed by atoms with E-state index in [0.29, 0.717) is 12.0 Å². The highest BCUT2D eigenvalue weighted by molar-refractivity contribution is 5.42. The lowest BCUT2D eigenvalue weighted by atomic mass is 9.97. The van der Waals surface area contributed by atoms with Gasteiger partial charge in [-0.2, -0.15) is 0 Å². The van der Waals surface area contributed by atoms with Gasteiger partial charge in [-0.1, -0.05) is 6.07 Å². The first-order valence-electron chi connectivity index (χ1n) is 4.76. The molecule has 15 heavy (non-hydrogen) atoms. The van der Waals surface area contributed by atoms with E-state index < -0.39 is 10.5 Å². The van der Waals surface area contributed by atoms with E-state index in [2.05, 4.69) is 0 Å². The van der Waals surface area contributed by atoms with Gasteiger partial charge in [-0.15, -0.1) is 0 Å². The monoisotopic (exact) mass is 209 g/mol. The average Bonchev–Trinajstić information content (AvgIpc) is 1.99. The first-order valence-corrected chi connectivity index (χ1v) is 4.76. The van der Waals surface area contributed by atoms with Gasteiger partial charge in [0.05, 0.1) is 10.5 Å². The van der Waals surface area contributed by atoms with Crippen molar-refractivity contribution in [3.05, 3.63) is 39.4 Å². The van der Waals surface area contributed by atoms with Gasteiger partial charge in [-0.3, -0.25) is 10.1 Å². The van der Waals surface area contributed by atoms with E-state index in [1.54, 1.807) is 32.9 Å². The van der Waals surface area contributed by atoms with Crippen LogP contribution >= 0.6 is 0 Å². The van der Waals surface area contributed by atoms with E-state index in [9.17, 15) is 15.2 Å². The van der Waals surface area contributed by atoms with Gasteiger partial charge in [-0.25, -0.2) is 0 Å². The molecule has 0 fully saturated rings. The number of aryl methyl sites for hydroxylation is 1. The summed E-state index contributed by atoms with van der Waals surface area (Å²) in [6.07, 6.45) is 0.492. The molecule has 0 atom stereocenters. The second-order valence-electron chi connectivity index (χ2n) is 4.37. The molecule has 0 aromatic heterocycles. The number of benzene rings is 1. The Morgan fingerprint density at radius 3 is 2.47 bits per heavy atom. The molecular weight excluding hydrogens is 194 g/mol. The molecule has 0 unspecified atom stereocenters. The molecule has 0 saturated heterocycles. The Kier molecular flexibility index (Phi) is 3.09. The maximum absolute atomic E-state index is 10.6. The third kappa shape index (κ3) is 3.32. The number of hydrogen-bond donors (Lipinski definition) is 1. The summed E-state index contributed by atoms with van der Waals surface area (Å²) in [6, 6.07) is 4.91. The van der Waals surface area contributed by atoms with E-state index in [0.717, 1.165) is 5.56 Å². The molecule has 4 nitrogen and oxygen atoms in total. The third-order valence-electron chi connectivity index (χ3n) is 2.09. The summed E-state index contributed by atoms with van der Waals surface area (Å²) in [5, 5.41) is 20.2. The smallest absolute Gasteiger partial charge is 0.272 e. The second-order valence-corrected chi connectivity index (χ2v) is 4.37. The SMILES string of the molecule is Cc1cc(CC(C)(C)O)ccc1[N+](=O)[O-]. The Bertz CT molecular complexity index is 380. The molecule has 82 valence electrons. The molecule has 0 saturated carbocycles. The summed E-state index contributed by atoms with van der Waals surface area (Å²) in [6.45, 7) is 5.12. The van der Waals surface area contributed by atoms with Crippen molar-refractivity contribution in [3.8, 4) is 0 Å². The van der Waals surface area contributed by atoms with Crippen molar-refractivity contribution in [2.75, 3.05) is 0 Å². The van der Waals surface area contributed by atoms with E-state index in [4.69, 9.17) is 0 Å². The summed E-state index contributed by atoms with van der Waals surface area (Å²) in [7, 11) is 0. The first kappa shape index (κ1) is 11.7. The van der Waals surface area contributed by atoms with E-state index in [1.165, 1.54) is 6.07 Å². The van der Waals surface area contributed by atoms with Crippen LogP contribution in [-0.2, 0) is 6.42 Å². The van der Waals surface area contributed by atoms with Gasteiger partial charge >= 0.3 is 0 Å². The maximum atomic E-state index is 10.6. The quantitative estimate of drug-likeness (QED) is 0.613. The minimum absolute atomic E-state index is 0.120. The Hall–Kier alpha value is -1.42. The van der Waals surface area contributed by atoms with Crippen LogP contribution in [0.1, 0.15) is 25.0 Å². The molecule has 0 bridgehead atoms. The van der Waals surface area contributed by atoms with Gasteiger partial charge in [-0.05, 0) is 32.4 Å². The van der Waals surface area contributed by atoms with Crippen molar-refractivity contribution in [1.29, 1.82) is 0 Å². The van der Waals surface area contributed by atoms with Crippen LogP contribution in [0, 0.1) is 17.0 Å². The standard InChI is InChI=1S/C11H15NO3/c1-8-6-9(7-11(2,3)13)4-5-10(8)12(14)15/h4-6,13H,7H2,1-3H3. The van der Waals surface area contributed by atoms with Crippen molar-refractivity contribution in [3.63, 3.8) is 0 Å². The fraction of sp³-hybridized carbons (Fsp3) is 0.455. The van der Waals surface area contributed by atoms with Crippen molar-refractivity contribution >= 4 is 5.69 Å². The number of nitro benzene ring substituents is 1. The number of rotatable bonds is 3. The van der Waals surface area contributed by atoms with Crippen LogP contribution in [0.4, 0.5) is 5.69 Å². The highest BCUT2D eigenvalue weighted by Gasteiger charge is 2.16. The largest absolute Gasteiger partial charge is 0.390 e. The molecule has 0 heterocycles. The summed E-state index contributed by atoms with van der Waals surface area (Å²) in [5.74, 6) is 0. The lowest BCUT2D eigenvalue weighted by Crippen LogP contribution is -2.21. The molecule has 0 aliphatic carbocycles. The minimum Gasteiger partial charge on any atom is -0.390 e. The summed E-state index contributed by atoms with van der Waals surface area (Å²) in [5.41, 5.74) is 0.865. The molecule has 0 spiro atoms. The van der Waals surface area contributed by atoms with Crippen molar-refractivity contribution in [2.45, 2.75) is 32.8 Å². The molecule has 1 aromatic rings. The van der Waals surface area contributed by atoms with Crippen molar-refractivity contribution in [1.82, 2.24) is 0 Å². The van der Waals surface area contributed by atoms with E-state index in [-0.39, 0.29) is 5.69 Å². The van der Waals surface area contributed by atoms with Crippen LogP contribution in [0.25, 0.3) is 0 Å². The number of hydrogen-bond acceptors (Lipinski definition) is 3. The lowest BCUT2D eigenvalue weighted by molar-refractivity contribution is -0.385. The first-order chi connectivity index (χ1) is 6.79. The fourth-order valence-electron chi connectivity index (χ4n) is 1.53. The maximum Gasteiger partial charge on any atom is 0.272 e. The van der Waals surface area contributed by atoms with Crippen molar-refractivity contribution < 1.29 is 10.0 Å². The topological polar surface area (TPSA) is 63.4 Å². The predicted octanol–water partition coefficient (Wildman–Crippen LogP) is 2.22. The van der Waals surface area contributed by atoms with Crippen LogP contribution in [0.3, 0.4) is 0 Å². The van der Waals surface area contributed by atoms with Gasteiger partial charge in [0.1, 0.15) is 0 Å². The Morgan fingerprint density at radius 2 is 2.07 bits per heavy atom. The molecule has 0 radical (unpaired) electrons. The molecule has 0 aliphatic heterocycles. The fourth-order valence-corrected chi connectivity index (χ4v) is 1.53. The summed E-state index contributed by atoms with van der Waals surface area (Å²) < 4.78 is 0. The van der Waals surface area contributed by atoms with Crippen LogP contribution in [0.2, 0.25) is 0 Å². The summed E-state index contributed by atoms with van der Waals surface area (Å²) in [4.78, 5) is 10.2. The molecule has 0 amide bonds. The highest BCUT2D eigenvalue weighted by atomic mass is 16.6. The lowest BCUT2D eigenvalue weighted by Gasteiger charge is -2.17. The normalized spacial score (nSPS) is 11.5. The zero-order valence-electron chi connectivity index (χ0n) is 9.15. The van der Waals surface area contributed by atoms with Crippen LogP contribution < -0.4 is 0 Å². The predicted molar refractivity (Wildman–Crippen MR) is 57.8 cm³/mol. The highest BCUT2D eigenvalue weighted by Crippen LogP contribution is 2.21. The minimum atomic E-state index is -0.789. The second kappa shape index (κ2) is 3.98. The van der Waals surface area contributed by atoms with Gasteiger partial charge in [0.25, 0.3) is 5.69 Å². The molecule has 4 heteroatoms. The molecule has 0 aliphatic rings. The molecular formula is C11H15NO3. The molecule has 1 rings (SSSR count). The van der Waals surface area contributed by atoms with Crippen LogP contribution in [-0.4, -0.2) is 15.6 Å². The van der Waals surface area contributed by atoms with Gasteiger partial charge in [0.2, 0.25) is 0 Å². The Balaban J connectivity index is 2.97. The van der Waals surface area contributed by atoms with Gasteiger partial charge in [0, 0.05) is 18.1 Å². The van der Waals surface area contributed by atoms with Crippen LogP contribution in [0.5, 0.6) is 0 Å². The van der Waals surface area contributed by atoms with Crippen molar-refractivity contribution in [2.24, 2.45) is 0 Å². The van der Waals surface area contributed by atoms with Gasteiger partial charge in [0.15, 0.2) is 0 Å². The average molecular weight is 209 g/mol. The third-order valence-corrected chi connectivity index (χ3v) is 2.09. The Morgan fingerprint density at radius 1 is 1.47 bits per heavy atom. The number of nitro groups is 1.